The summed E-state index contributed by atoms with van der Waals surface area (Å²) in [4.78, 5) is 28.9. The summed E-state index contributed by atoms with van der Waals surface area (Å²) in [6, 6.07) is 4.05. The largest absolute Gasteiger partial charge is 0.356 e. The van der Waals surface area contributed by atoms with Crippen LogP contribution in [-0.4, -0.2) is 50.6 Å². The van der Waals surface area contributed by atoms with Crippen LogP contribution in [0.1, 0.15) is 18.5 Å². The Hall–Kier alpha value is -2.28. The molecule has 1 saturated heterocycles. The van der Waals surface area contributed by atoms with Gasteiger partial charge in [-0.1, -0.05) is 0 Å². The fourth-order valence-corrected chi connectivity index (χ4v) is 2.96. The van der Waals surface area contributed by atoms with E-state index in [1.807, 2.05) is 6.07 Å². The van der Waals surface area contributed by atoms with E-state index in [9.17, 15) is 4.79 Å². The van der Waals surface area contributed by atoms with Gasteiger partial charge in [0.2, 0.25) is 0 Å². The minimum atomic E-state index is -0.00613. The summed E-state index contributed by atoms with van der Waals surface area (Å²) < 4.78 is 1.49. The molecule has 7 heteroatoms. The van der Waals surface area contributed by atoms with Crippen LogP contribution in [0.15, 0.2) is 35.8 Å². The van der Waals surface area contributed by atoms with Gasteiger partial charge < -0.3 is 9.47 Å². The summed E-state index contributed by atoms with van der Waals surface area (Å²) >= 11 is 0. The number of anilines is 1. The van der Waals surface area contributed by atoms with Gasteiger partial charge in [0, 0.05) is 52.0 Å². The Balaban J connectivity index is 1.56. The summed E-state index contributed by atoms with van der Waals surface area (Å²) in [7, 11) is 3.80. The third kappa shape index (κ3) is 3.73. The van der Waals surface area contributed by atoms with Crippen LogP contribution in [0.4, 0.5) is 5.82 Å². The lowest BCUT2D eigenvalue weighted by molar-refractivity contribution is 0.201. The standard InChI is InChI=1S/C16H22N6O/c1-20-12-19-13(9-16(20)23)10-22-7-4-14(5-8-22)21(2)15-3-6-17-11-18-15/h3,6,9,11-12,14H,4-5,7-8,10H2,1-2H3. The zero-order valence-electron chi connectivity index (χ0n) is 13.6. The molecule has 0 saturated carbocycles. The van der Waals surface area contributed by atoms with E-state index in [0.717, 1.165) is 44.0 Å². The molecule has 0 aliphatic carbocycles. The maximum Gasteiger partial charge on any atom is 0.253 e. The highest BCUT2D eigenvalue weighted by Crippen LogP contribution is 2.20. The Morgan fingerprint density at radius 2 is 2.09 bits per heavy atom. The van der Waals surface area contributed by atoms with Crippen molar-refractivity contribution in [3.63, 3.8) is 0 Å². The SMILES string of the molecule is CN(c1ccncn1)C1CCN(Cc2cc(=O)n(C)cn2)CC1. The third-order valence-electron chi connectivity index (χ3n) is 4.45. The van der Waals surface area contributed by atoms with Crippen LogP contribution < -0.4 is 10.5 Å². The molecule has 0 spiro atoms. The number of nitrogens with zero attached hydrogens (tertiary/aromatic N) is 6. The minimum absolute atomic E-state index is 0.00613. The van der Waals surface area contributed by atoms with E-state index in [-0.39, 0.29) is 5.56 Å². The normalized spacial score (nSPS) is 16.4. The highest BCUT2D eigenvalue weighted by atomic mass is 16.1. The molecule has 3 rings (SSSR count). The smallest absolute Gasteiger partial charge is 0.253 e. The van der Waals surface area contributed by atoms with Gasteiger partial charge in [-0.05, 0) is 18.9 Å². The molecule has 7 nitrogen and oxygen atoms in total. The first kappa shape index (κ1) is 15.6. The zero-order chi connectivity index (χ0) is 16.2. The van der Waals surface area contributed by atoms with Crippen molar-refractivity contribution >= 4 is 5.82 Å². The molecule has 2 aromatic rings. The second kappa shape index (κ2) is 6.87. The second-order valence-corrected chi connectivity index (χ2v) is 6.02. The first-order valence-corrected chi connectivity index (χ1v) is 7.86. The van der Waals surface area contributed by atoms with Crippen LogP contribution in [-0.2, 0) is 13.6 Å². The number of aryl methyl sites for hydroxylation is 1. The van der Waals surface area contributed by atoms with Gasteiger partial charge in [0.05, 0.1) is 12.0 Å². The summed E-state index contributed by atoms with van der Waals surface area (Å²) in [6.45, 7) is 2.73. The Morgan fingerprint density at radius 1 is 1.30 bits per heavy atom. The quantitative estimate of drug-likeness (QED) is 0.826. The molecular weight excluding hydrogens is 292 g/mol. The first-order chi connectivity index (χ1) is 11.1. The number of rotatable bonds is 4. The van der Waals surface area contributed by atoms with Gasteiger partial charge in [-0.2, -0.15) is 0 Å². The fraction of sp³-hybridized carbons (Fsp3) is 0.500. The third-order valence-corrected chi connectivity index (χ3v) is 4.45. The van der Waals surface area contributed by atoms with Gasteiger partial charge in [-0.25, -0.2) is 15.0 Å². The fourth-order valence-electron chi connectivity index (χ4n) is 2.96. The van der Waals surface area contributed by atoms with Crippen molar-refractivity contribution < 1.29 is 0 Å². The van der Waals surface area contributed by atoms with E-state index in [2.05, 4.69) is 31.8 Å². The van der Waals surface area contributed by atoms with E-state index in [1.54, 1.807) is 32.0 Å². The number of aromatic nitrogens is 4. The summed E-state index contributed by atoms with van der Waals surface area (Å²) in [5.74, 6) is 0.965. The van der Waals surface area contributed by atoms with Gasteiger partial charge in [0.1, 0.15) is 12.1 Å². The van der Waals surface area contributed by atoms with E-state index >= 15 is 0 Å². The molecule has 0 bridgehead atoms. The topological polar surface area (TPSA) is 67.2 Å². The van der Waals surface area contributed by atoms with Crippen molar-refractivity contribution in [1.82, 2.24) is 24.4 Å². The molecule has 122 valence electrons. The minimum Gasteiger partial charge on any atom is -0.356 e. The molecule has 0 unspecified atom stereocenters. The van der Waals surface area contributed by atoms with Crippen molar-refractivity contribution in [3.8, 4) is 0 Å². The Morgan fingerprint density at radius 3 is 2.74 bits per heavy atom. The van der Waals surface area contributed by atoms with Crippen LogP contribution in [0.5, 0.6) is 0 Å². The van der Waals surface area contributed by atoms with Gasteiger partial charge in [0.15, 0.2) is 0 Å². The van der Waals surface area contributed by atoms with Crippen LogP contribution in [0, 0.1) is 0 Å². The Kier molecular flexibility index (Phi) is 4.66. The molecular formula is C16H22N6O. The van der Waals surface area contributed by atoms with Gasteiger partial charge >= 0.3 is 0 Å². The first-order valence-electron chi connectivity index (χ1n) is 7.86. The molecule has 0 amide bonds. The average molecular weight is 314 g/mol. The number of hydrogen-bond donors (Lipinski definition) is 0. The predicted molar refractivity (Wildman–Crippen MR) is 88.2 cm³/mol. The number of hydrogen-bond acceptors (Lipinski definition) is 6. The van der Waals surface area contributed by atoms with Gasteiger partial charge in [0.25, 0.3) is 5.56 Å². The molecule has 0 atom stereocenters. The van der Waals surface area contributed by atoms with Crippen molar-refractivity contribution in [2.75, 3.05) is 25.0 Å². The summed E-state index contributed by atoms with van der Waals surface area (Å²) in [5, 5.41) is 0. The van der Waals surface area contributed by atoms with Crippen LogP contribution in [0.2, 0.25) is 0 Å². The molecule has 1 aliphatic rings. The maximum atomic E-state index is 11.7. The molecule has 0 aromatic carbocycles. The van der Waals surface area contributed by atoms with Crippen molar-refractivity contribution in [2.24, 2.45) is 7.05 Å². The van der Waals surface area contributed by atoms with Gasteiger partial charge in [-0.3, -0.25) is 9.69 Å². The lowest BCUT2D eigenvalue weighted by Crippen LogP contribution is -2.43. The van der Waals surface area contributed by atoms with E-state index in [0.29, 0.717) is 6.04 Å². The highest BCUT2D eigenvalue weighted by molar-refractivity contribution is 5.36. The second-order valence-electron chi connectivity index (χ2n) is 6.02. The van der Waals surface area contributed by atoms with Crippen molar-refractivity contribution in [1.29, 1.82) is 0 Å². The Labute approximate surface area is 135 Å². The van der Waals surface area contributed by atoms with Crippen LogP contribution in [0.25, 0.3) is 0 Å². The lowest BCUT2D eigenvalue weighted by Gasteiger charge is -2.37. The van der Waals surface area contributed by atoms with E-state index < -0.39 is 0 Å². The highest BCUT2D eigenvalue weighted by Gasteiger charge is 2.23. The molecule has 1 aliphatic heterocycles. The molecule has 0 radical (unpaired) electrons. The lowest BCUT2D eigenvalue weighted by atomic mass is 10.0. The van der Waals surface area contributed by atoms with E-state index in [4.69, 9.17) is 0 Å². The Bertz CT molecular complexity index is 693. The van der Waals surface area contributed by atoms with Crippen LogP contribution in [0.3, 0.4) is 0 Å². The average Bonchev–Trinajstić information content (AvgIpc) is 2.59. The number of piperidine rings is 1. The van der Waals surface area contributed by atoms with Crippen LogP contribution >= 0.6 is 0 Å². The molecule has 2 aromatic heterocycles. The van der Waals surface area contributed by atoms with Crippen molar-refractivity contribution in [3.05, 3.63) is 47.0 Å². The monoisotopic (exact) mass is 314 g/mol. The summed E-state index contributed by atoms with van der Waals surface area (Å²) in [6.07, 6.45) is 7.10. The molecule has 1 fully saturated rings. The molecule has 3 heterocycles. The van der Waals surface area contributed by atoms with Gasteiger partial charge in [-0.15, -0.1) is 0 Å². The zero-order valence-corrected chi connectivity index (χ0v) is 13.6. The van der Waals surface area contributed by atoms with Crippen molar-refractivity contribution in [2.45, 2.75) is 25.4 Å². The molecule has 23 heavy (non-hydrogen) atoms. The van der Waals surface area contributed by atoms with E-state index in [1.165, 1.54) is 4.57 Å². The summed E-state index contributed by atoms with van der Waals surface area (Å²) in [5.41, 5.74) is 0.837. The molecule has 0 N–H and O–H groups in total. The predicted octanol–water partition coefficient (Wildman–Crippen LogP) is 0.671. The maximum absolute atomic E-state index is 11.7. The number of likely N-dealkylation sites (tertiary alicyclic amines) is 1.